The molecule has 0 saturated carbocycles. The van der Waals surface area contributed by atoms with Crippen molar-refractivity contribution in [1.29, 1.82) is 0 Å². The van der Waals surface area contributed by atoms with E-state index in [-0.39, 0.29) is 11.4 Å². The number of hydrogen-bond acceptors (Lipinski definition) is 6. The minimum Gasteiger partial charge on any atom is -0.503 e. The van der Waals surface area contributed by atoms with Gasteiger partial charge in [-0.1, -0.05) is 18.2 Å². The van der Waals surface area contributed by atoms with Gasteiger partial charge in [-0.3, -0.25) is 14.9 Å². The number of pyridine rings is 1. The molecule has 0 radical (unpaired) electrons. The number of benzene rings is 2. The summed E-state index contributed by atoms with van der Waals surface area (Å²) in [5, 5.41) is 22.3. The van der Waals surface area contributed by atoms with Crippen LogP contribution in [0.15, 0.2) is 47.3 Å². The number of nitro groups is 1. The lowest BCUT2D eigenvalue weighted by Crippen LogP contribution is -2.36. The predicted octanol–water partition coefficient (Wildman–Crippen LogP) is 2.65. The lowest BCUT2D eigenvalue weighted by Gasteiger charge is -2.28. The highest BCUT2D eigenvalue weighted by molar-refractivity contribution is 5.85. The number of nitrogens with one attached hydrogen (secondary N) is 1. The topological polar surface area (TPSA) is 109 Å². The lowest BCUT2D eigenvalue weighted by molar-refractivity contribution is -0.384. The summed E-state index contributed by atoms with van der Waals surface area (Å²) in [6, 6.07) is 11.5. The summed E-state index contributed by atoms with van der Waals surface area (Å²) >= 11 is 0. The van der Waals surface area contributed by atoms with Crippen molar-refractivity contribution in [1.82, 2.24) is 4.98 Å². The van der Waals surface area contributed by atoms with Crippen LogP contribution in [0.3, 0.4) is 0 Å². The highest BCUT2D eigenvalue weighted by Gasteiger charge is 2.23. The molecule has 8 nitrogen and oxygen atoms in total. The number of anilines is 1. The first-order valence-electron chi connectivity index (χ1n) is 8.52. The third-order valence-electron chi connectivity index (χ3n) is 4.70. The summed E-state index contributed by atoms with van der Waals surface area (Å²) in [7, 11) is 0. The monoisotopic (exact) mass is 367 g/mol. The first-order chi connectivity index (χ1) is 13.1. The summed E-state index contributed by atoms with van der Waals surface area (Å²) in [6.07, 6.45) is 0. The Hall–Kier alpha value is -3.39. The molecule has 3 aromatic rings. The molecule has 4 rings (SSSR count). The number of aromatic amines is 1. The van der Waals surface area contributed by atoms with Gasteiger partial charge in [0.2, 0.25) is 5.43 Å². The second-order valence-corrected chi connectivity index (χ2v) is 6.28. The Bertz CT molecular complexity index is 1090. The Kier molecular flexibility index (Phi) is 4.25. The predicted molar refractivity (Wildman–Crippen MR) is 101 cm³/mol. The fourth-order valence-corrected chi connectivity index (χ4v) is 3.33. The molecule has 1 aliphatic heterocycles. The summed E-state index contributed by atoms with van der Waals surface area (Å²) < 4.78 is 5.30. The van der Waals surface area contributed by atoms with Crippen LogP contribution >= 0.6 is 0 Å². The fraction of sp³-hybridized carbons (Fsp3) is 0.211. The second-order valence-electron chi connectivity index (χ2n) is 6.28. The van der Waals surface area contributed by atoms with Crippen LogP contribution in [0, 0.1) is 10.1 Å². The van der Waals surface area contributed by atoms with Crippen molar-refractivity contribution in [3.05, 3.63) is 62.8 Å². The van der Waals surface area contributed by atoms with E-state index in [9.17, 15) is 20.0 Å². The number of para-hydroxylation sites is 1. The Morgan fingerprint density at radius 1 is 1.15 bits per heavy atom. The molecule has 0 unspecified atom stereocenters. The summed E-state index contributed by atoms with van der Waals surface area (Å²) in [5.74, 6) is -0.456. The number of fused-ring (bicyclic) bond motifs is 1. The molecule has 0 aliphatic carbocycles. The Morgan fingerprint density at radius 2 is 1.89 bits per heavy atom. The molecule has 27 heavy (non-hydrogen) atoms. The first-order valence-corrected chi connectivity index (χ1v) is 8.52. The largest absolute Gasteiger partial charge is 0.503 e. The average Bonchev–Trinajstić information content (AvgIpc) is 2.71. The number of nitrogens with zero attached hydrogens (tertiary/aromatic N) is 2. The van der Waals surface area contributed by atoms with Crippen molar-refractivity contribution in [3.8, 4) is 17.0 Å². The van der Waals surface area contributed by atoms with Crippen LogP contribution in [0.25, 0.3) is 22.2 Å². The van der Waals surface area contributed by atoms with Crippen molar-refractivity contribution in [2.24, 2.45) is 0 Å². The van der Waals surface area contributed by atoms with Crippen molar-refractivity contribution in [2.45, 2.75) is 0 Å². The Labute approximate surface area is 153 Å². The molecule has 1 fully saturated rings. The van der Waals surface area contributed by atoms with E-state index in [1.807, 2.05) is 4.90 Å². The minimum absolute atomic E-state index is 0.0807. The quantitative estimate of drug-likeness (QED) is 0.544. The number of aromatic hydroxyl groups is 1. The molecule has 8 heteroatoms. The molecule has 0 atom stereocenters. The van der Waals surface area contributed by atoms with Crippen LogP contribution in [0.5, 0.6) is 5.75 Å². The van der Waals surface area contributed by atoms with E-state index in [1.54, 1.807) is 36.4 Å². The number of morpholine rings is 1. The third-order valence-corrected chi connectivity index (χ3v) is 4.70. The number of ether oxygens (including phenoxy) is 1. The maximum absolute atomic E-state index is 12.4. The van der Waals surface area contributed by atoms with E-state index in [4.69, 9.17) is 4.74 Å². The van der Waals surface area contributed by atoms with Crippen molar-refractivity contribution >= 4 is 22.3 Å². The maximum Gasteiger partial charge on any atom is 0.293 e. The molecule has 1 aliphatic rings. The zero-order valence-corrected chi connectivity index (χ0v) is 14.3. The molecule has 1 saturated heterocycles. The van der Waals surface area contributed by atoms with Gasteiger partial charge in [0.05, 0.1) is 23.8 Å². The lowest BCUT2D eigenvalue weighted by atomic mass is 10.1. The molecule has 2 heterocycles. The van der Waals surface area contributed by atoms with E-state index in [0.717, 1.165) is 0 Å². The van der Waals surface area contributed by atoms with Gasteiger partial charge in [-0.15, -0.1) is 0 Å². The van der Waals surface area contributed by atoms with Gasteiger partial charge in [-0.25, -0.2) is 0 Å². The van der Waals surface area contributed by atoms with Crippen LogP contribution in [-0.2, 0) is 4.74 Å². The smallest absolute Gasteiger partial charge is 0.293 e. The minimum atomic E-state index is -0.515. The fourth-order valence-electron chi connectivity index (χ4n) is 3.33. The zero-order valence-electron chi connectivity index (χ0n) is 14.3. The molecule has 2 aromatic carbocycles. The normalized spacial score (nSPS) is 14.4. The van der Waals surface area contributed by atoms with E-state index in [1.165, 1.54) is 6.07 Å². The van der Waals surface area contributed by atoms with Gasteiger partial charge in [0.15, 0.2) is 5.75 Å². The van der Waals surface area contributed by atoms with Gasteiger partial charge in [-0.05, 0) is 18.2 Å². The highest BCUT2D eigenvalue weighted by atomic mass is 16.6. The van der Waals surface area contributed by atoms with Gasteiger partial charge < -0.3 is 19.7 Å². The summed E-state index contributed by atoms with van der Waals surface area (Å²) in [4.78, 5) is 28.5. The second kappa shape index (κ2) is 6.73. The zero-order chi connectivity index (χ0) is 19.0. The van der Waals surface area contributed by atoms with Crippen LogP contribution in [0.1, 0.15) is 0 Å². The highest BCUT2D eigenvalue weighted by Crippen LogP contribution is 2.35. The van der Waals surface area contributed by atoms with Gasteiger partial charge >= 0.3 is 0 Å². The molecule has 0 bridgehead atoms. The first kappa shape index (κ1) is 17.0. The number of aromatic nitrogens is 1. The number of nitro benzene ring substituents is 1. The number of rotatable bonds is 3. The molecule has 0 amide bonds. The molecule has 138 valence electrons. The molecule has 1 aromatic heterocycles. The SMILES string of the molecule is O=c1c(O)c(-c2ccc(N3CCOCC3)c([N+](=O)[O-])c2)[nH]c2ccccc12. The third kappa shape index (κ3) is 3.00. The molecule has 2 N–H and O–H groups in total. The van der Waals surface area contributed by atoms with Gasteiger partial charge in [-0.2, -0.15) is 0 Å². The molecular formula is C19H17N3O5. The number of H-pyrrole nitrogens is 1. The molecular weight excluding hydrogens is 350 g/mol. The number of hydrogen-bond donors (Lipinski definition) is 2. The standard InChI is InChI=1S/C19H17N3O5/c23-18-13-3-1-2-4-14(13)20-17(19(18)24)12-5-6-15(16(11-12)22(25)26)21-7-9-27-10-8-21/h1-6,11,24H,7-10H2,(H,20,23). The summed E-state index contributed by atoms with van der Waals surface area (Å²) in [5.41, 5.74) is 0.987. The van der Waals surface area contributed by atoms with Crippen molar-refractivity contribution in [3.63, 3.8) is 0 Å². The van der Waals surface area contributed by atoms with Crippen molar-refractivity contribution in [2.75, 3.05) is 31.2 Å². The van der Waals surface area contributed by atoms with E-state index < -0.39 is 16.1 Å². The van der Waals surface area contributed by atoms with E-state index >= 15 is 0 Å². The van der Waals surface area contributed by atoms with Gasteiger partial charge in [0.25, 0.3) is 5.69 Å². The average molecular weight is 367 g/mol. The molecule has 0 spiro atoms. The van der Waals surface area contributed by atoms with Gasteiger partial charge in [0.1, 0.15) is 5.69 Å². The Morgan fingerprint density at radius 3 is 2.63 bits per heavy atom. The van der Waals surface area contributed by atoms with E-state index in [0.29, 0.717) is 48.5 Å². The van der Waals surface area contributed by atoms with Crippen LogP contribution in [0.2, 0.25) is 0 Å². The van der Waals surface area contributed by atoms with Crippen molar-refractivity contribution < 1.29 is 14.8 Å². The van der Waals surface area contributed by atoms with E-state index in [2.05, 4.69) is 4.98 Å². The Balaban J connectivity index is 1.86. The van der Waals surface area contributed by atoms with Crippen LogP contribution < -0.4 is 10.3 Å². The maximum atomic E-state index is 12.4. The van der Waals surface area contributed by atoms with Gasteiger partial charge in [0, 0.05) is 35.6 Å². The van der Waals surface area contributed by atoms with Crippen LogP contribution in [0.4, 0.5) is 11.4 Å². The summed E-state index contributed by atoms with van der Waals surface area (Å²) in [6.45, 7) is 2.16. The van der Waals surface area contributed by atoms with Crippen LogP contribution in [-0.4, -0.2) is 41.3 Å².